The van der Waals surface area contributed by atoms with Crippen molar-refractivity contribution in [1.82, 2.24) is 35.4 Å². The lowest BCUT2D eigenvalue weighted by Crippen LogP contribution is -2.31. The maximum atomic E-state index is 12.4. The highest BCUT2D eigenvalue weighted by molar-refractivity contribution is 5.80. The summed E-state index contributed by atoms with van der Waals surface area (Å²) in [4.78, 5) is 37.2. The van der Waals surface area contributed by atoms with Crippen molar-refractivity contribution in [2.75, 3.05) is 6.54 Å². The number of nitrogens with zero attached hydrogens (tertiary/aromatic N) is 5. The second-order valence-electron chi connectivity index (χ2n) is 7.42. The Bertz CT molecular complexity index is 1060. The highest BCUT2D eigenvalue weighted by atomic mass is 16.2. The Morgan fingerprint density at radius 3 is 2.32 bits per heavy atom. The van der Waals surface area contributed by atoms with E-state index in [1.807, 2.05) is 45.9 Å². The van der Waals surface area contributed by atoms with E-state index in [-0.39, 0.29) is 31.2 Å². The van der Waals surface area contributed by atoms with E-state index in [4.69, 9.17) is 0 Å². The van der Waals surface area contributed by atoms with E-state index in [0.717, 1.165) is 33.9 Å². The summed E-state index contributed by atoms with van der Waals surface area (Å²) in [5, 5.41) is 10.2. The van der Waals surface area contributed by atoms with Crippen LogP contribution in [0.2, 0.25) is 0 Å². The van der Waals surface area contributed by atoms with Gasteiger partial charge < -0.3 is 10.6 Å². The molecule has 3 aromatic rings. The van der Waals surface area contributed by atoms with E-state index < -0.39 is 0 Å². The first-order chi connectivity index (χ1) is 14.8. The Balaban J connectivity index is 1.52. The first-order valence-corrected chi connectivity index (χ1v) is 10.1. The van der Waals surface area contributed by atoms with Crippen molar-refractivity contribution in [2.24, 2.45) is 0 Å². The van der Waals surface area contributed by atoms with Gasteiger partial charge in [0.2, 0.25) is 11.8 Å². The van der Waals surface area contributed by atoms with E-state index in [1.165, 1.54) is 0 Å². The Kier molecular flexibility index (Phi) is 7.07. The Labute approximate surface area is 181 Å². The van der Waals surface area contributed by atoms with Crippen molar-refractivity contribution in [2.45, 2.75) is 47.1 Å². The first kappa shape index (κ1) is 22.1. The molecule has 0 aliphatic rings. The van der Waals surface area contributed by atoms with Gasteiger partial charge >= 0.3 is 0 Å². The van der Waals surface area contributed by atoms with Gasteiger partial charge in [-0.05, 0) is 51.5 Å². The molecule has 2 N–H and O–H groups in total. The number of aromatic nitrogens is 5. The highest BCUT2D eigenvalue weighted by Crippen LogP contribution is 2.17. The zero-order valence-corrected chi connectivity index (χ0v) is 18.3. The maximum absolute atomic E-state index is 12.4. The second kappa shape index (κ2) is 9.92. The molecule has 31 heavy (non-hydrogen) atoms. The fourth-order valence-corrected chi connectivity index (χ4v) is 3.26. The van der Waals surface area contributed by atoms with Gasteiger partial charge in [0.1, 0.15) is 0 Å². The molecule has 0 radical (unpaired) electrons. The molecule has 0 spiro atoms. The van der Waals surface area contributed by atoms with E-state index >= 15 is 0 Å². The lowest BCUT2D eigenvalue weighted by Gasteiger charge is -2.08. The maximum Gasteiger partial charge on any atom is 0.251 e. The van der Waals surface area contributed by atoms with Gasteiger partial charge in [0.25, 0.3) is 5.95 Å². The number of aryl methyl sites for hydroxylation is 3. The quantitative estimate of drug-likeness (QED) is 0.572. The smallest absolute Gasteiger partial charge is 0.251 e. The van der Waals surface area contributed by atoms with Crippen molar-refractivity contribution < 1.29 is 9.59 Å². The molecule has 0 aliphatic heterocycles. The molecular formula is C22H27N7O2. The minimum atomic E-state index is -0.158. The number of pyridine rings is 1. The van der Waals surface area contributed by atoms with Crippen LogP contribution in [0.3, 0.4) is 0 Å². The normalized spacial score (nSPS) is 10.7. The largest absolute Gasteiger partial charge is 0.355 e. The Morgan fingerprint density at radius 1 is 0.968 bits per heavy atom. The molecule has 3 aromatic heterocycles. The zero-order valence-electron chi connectivity index (χ0n) is 18.3. The number of hydrogen-bond acceptors (Lipinski definition) is 6. The van der Waals surface area contributed by atoms with Crippen LogP contribution in [0.1, 0.15) is 40.3 Å². The molecule has 3 rings (SSSR count). The molecule has 0 bridgehead atoms. The van der Waals surface area contributed by atoms with Gasteiger partial charge in [0, 0.05) is 54.5 Å². The summed E-state index contributed by atoms with van der Waals surface area (Å²) >= 11 is 0. The van der Waals surface area contributed by atoms with Gasteiger partial charge in [-0.2, -0.15) is 5.10 Å². The van der Waals surface area contributed by atoms with Gasteiger partial charge in [-0.15, -0.1) is 0 Å². The summed E-state index contributed by atoms with van der Waals surface area (Å²) in [5.41, 5.74) is 5.11. The fraction of sp³-hybridized carbons (Fsp3) is 0.364. The van der Waals surface area contributed by atoms with Crippen LogP contribution < -0.4 is 10.6 Å². The highest BCUT2D eigenvalue weighted by Gasteiger charge is 2.17. The molecule has 0 saturated heterocycles. The third kappa shape index (κ3) is 5.94. The van der Waals surface area contributed by atoms with E-state index in [1.54, 1.807) is 17.1 Å². The summed E-state index contributed by atoms with van der Waals surface area (Å²) in [6, 6.07) is 5.59. The predicted octanol–water partition coefficient (Wildman–Crippen LogP) is 1.66. The molecule has 0 unspecified atom stereocenters. The lowest BCUT2D eigenvalue weighted by molar-refractivity contribution is -0.122. The zero-order chi connectivity index (χ0) is 22.4. The topological polar surface area (TPSA) is 115 Å². The fourth-order valence-electron chi connectivity index (χ4n) is 3.26. The van der Waals surface area contributed by atoms with Crippen molar-refractivity contribution in [3.63, 3.8) is 0 Å². The monoisotopic (exact) mass is 421 g/mol. The van der Waals surface area contributed by atoms with Crippen molar-refractivity contribution in [1.29, 1.82) is 0 Å². The van der Waals surface area contributed by atoms with Crippen molar-refractivity contribution in [3.8, 4) is 5.95 Å². The molecule has 0 atom stereocenters. The summed E-state index contributed by atoms with van der Waals surface area (Å²) in [7, 11) is 0. The minimum Gasteiger partial charge on any atom is -0.355 e. The van der Waals surface area contributed by atoms with Gasteiger partial charge in [0.05, 0.1) is 12.1 Å². The first-order valence-electron chi connectivity index (χ1n) is 10.1. The van der Waals surface area contributed by atoms with Crippen LogP contribution in [0, 0.1) is 27.7 Å². The van der Waals surface area contributed by atoms with Gasteiger partial charge in [-0.1, -0.05) is 0 Å². The molecule has 0 fully saturated rings. The number of nitrogens with one attached hydrogen (secondary N) is 2. The number of carbonyl (C=O) groups excluding carboxylic acids is 2. The van der Waals surface area contributed by atoms with E-state index in [2.05, 4.69) is 30.7 Å². The summed E-state index contributed by atoms with van der Waals surface area (Å²) < 4.78 is 1.67. The van der Waals surface area contributed by atoms with Crippen LogP contribution >= 0.6 is 0 Å². The third-order valence-electron chi connectivity index (χ3n) is 4.85. The Hall–Kier alpha value is -3.62. The molecule has 3 heterocycles. The summed E-state index contributed by atoms with van der Waals surface area (Å²) in [6.45, 7) is 8.29. The van der Waals surface area contributed by atoms with Crippen molar-refractivity contribution >= 4 is 11.8 Å². The lowest BCUT2D eigenvalue weighted by atomic mass is 10.1. The number of rotatable bonds is 8. The van der Waals surface area contributed by atoms with E-state index in [0.29, 0.717) is 12.5 Å². The molecule has 0 saturated carbocycles. The van der Waals surface area contributed by atoms with Gasteiger partial charge in [-0.3, -0.25) is 14.6 Å². The molecule has 0 aliphatic carbocycles. The summed E-state index contributed by atoms with van der Waals surface area (Å²) in [5.74, 6) is 0.217. The number of carbonyl (C=O) groups is 2. The molecule has 9 heteroatoms. The molecule has 162 valence electrons. The van der Waals surface area contributed by atoms with Crippen LogP contribution in [0.15, 0.2) is 30.6 Å². The van der Waals surface area contributed by atoms with Crippen LogP contribution in [-0.2, 0) is 22.6 Å². The van der Waals surface area contributed by atoms with Crippen LogP contribution in [0.25, 0.3) is 5.95 Å². The average molecular weight is 422 g/mol. The van der Waals surface area contributed by atoms with Crippen LogP contribution in [-0.4, -0.2) is 43.1 Å². The standard InChI is InChI=1S/C22H27N7O2/c1-14-11-15(2)27-22(26-14)29-17(4)19(16(3)28-29)12-21(31)24-10-7-20(30)25-13-18-5-8-23-9-6-18/h5-6,8-9,11H,7,10,12-13H2,1-4H3,(H,24,31)(H,25,30). The Morgan fingerprint density at radius 2 is 1.65 bits per heavy atom. The van der Waals surface area contributed by atoms with Gasteiger partial charge in [0.15, 0.2) is 0 Å². The SMILES string of the molecule is Cc1cc(C)nc(-n2nc(C)c(CC(=O)NCCC(=O)NCc3ccncc3)c2C)n1. The van der Waals surface area contributed by atoms with Crippen LogP contribution in [0.5, 0.6) is 0 Å². The molecule has 0 aromatic carbocycles. The molecule has 2 amide bonds. The van der Waals surface area contributed by atoms with Crippen molar-refractivity contribution in [3.05, 3.63) is 64.5 Å². The van der Waals surface area contributed by atoms with E-state index in [9.17, 15) is 9.59 Å². The number of amides is 2. The van der Waals surface area contributed by atoms with Crippen LogP contribution in [0.4, 0.5) is 0 Å². The van der Waals surface area contributed by atoms with Gasteiger partial charge in [-0.25, -0.2) is 14.6 Å². The molecular weight excluding hydrogens is 394 g/mol. The second-order valence-corrected chi connectivity index (χ2v) is 7.42. The predicted molar refractivity (Wildman–Crippen MR) is 116 cm³/mol. The summed E-state index contributed by atoms with van der Waals surface area (Å²) in [6.07, 6.45) is 3.76. The number of hydrogen-bond donors (Lipinski definition) is 2. The average Bonchev–Trinajstić information content (AvgIpc) is 3.00. The molecule has 9 nitrogen and oxygen atoms in total. The third-order valence-corrected chi connectivity index (χ3v) is 4.85. The minimum absolute atomic E-state index is 0.121.